The minimum atomic E-state index is 0. The highest BCUT2D eigenvalue weighted by atomic mass is 35.5. The SMILES string of the molecule is [Cl-].c1ccc2c(CNCC3CCCO3)cccc2c1. The second kappa shape index (κ2) is 6.90. The first-order chi connectivity index (χ1) is 8.93. The summed E-state index contributed by atoms with van der Waals surface area (Å²) in [5, 5.41) is 6.17. The van der Waals surface area contributed by atoms with Crippen molar-refractivity contribution in [2.24, 2.45) is 0 Å². The van der Waals surface area contributed by atoms with E-state index in [9.17, 15) is 0 Å². The van der Waals surface area contributed by atoms with Crippen molar-refractivity contribution in [2.45, 2.75) is 25.5 Å². The lowest BCUT2D eigenvalue weighted by Gasteiger charge is -2.12. The number of benzene rings is 2. The van der Waals surface area contributed by atoms with E-state index >= 15 is 0 Å². The molecule has 1 saturated heterocycles. The lowest BCUT2D eigenvalue weighted by Crippen LogP contribution is -3.00. The standard InChI is InChI=1S/C16H19NO.ClH/c1-2-9-16-13(5-1)6-3-7-14(16)11-17-12-15-8-4-10-18-15;/h1-3,5-7,9,15,17H,4,8,10-12H2;1H/p-1. The van der Waals surface area contributed by atoms with Crippen LogP contribution in [0.25, 0.3) is 10.8 Å². The van der Waals surface area contributed by atoms with Gasteiger partial charge in [0.1, 0.15) is 0 Å². The van der Waals surface area contributed by atoms with Crippen LogP contribution in [0.2, 0.25) is 0 Å². The number of nitrogens with one attached hydrogen (secondary N) is 1. The maximum atomic E-state index is 5.62. The van der Waals surface area contributed by atoms with Crippen molar-refractivity contribution in [2.75, 3.05) is 13.2 Å². The molecule has 0 bridgehead atoms. The quantitative estimate of drug-likeness (QED) is 0.856. The average molecular weight is 277 g/mol. The van der Waals surface area contributed by atoms with Crippen LogP contribution < -0.4 is 17.7 Å². The second-order valence-corrected chi connectivity index (χ2v) is 4.90. The van der Waals surface area contributed by atoms with Crippen molar-refractivity contribution < 1.29 is 17.1 Å². The van der Waals surface area contributed by atoms with Crippen LogP contribution in [0.1, 0.15) is 18.4 Å². The monoisotopic (exact) mass is 276 g/mol. The van der Waals surface area contributed by atoms with E-state index in [2.05, 4.69) is 47.8 Å². The molecule has 0 amide bonds. The summed E-state index contributed by atoms with van der Waals surface area (Å²) in [6.07, 6.45) is 2.82. The highest BCUT2D eigenvalue weighted by Crippen LogP contribution is 2.18. The van der Waals surface area contributed by atoms with E-state index in [4.69, 9.17) is 4.74 Å². The molecule has 0 aromatic heterocycles. The summed E-state index contributed by atoms with van der Waals surface area (Å²) in [5.41, 5.74) is 1.37. The third-order valence-electron chi connectivity index (χ3n) is 3.59. The van der Waals surface area contributed by atoms with Gasteiger partial charge in [-0.05, 0) is 29.2 Å². The van der Waals surface area contributed by atoms with Crippen molar-refractivity contribution in [1.82, 2.24) is 5.32 Å². The predicted molar refractivity (Wildman–Crippen MR) is 74.6 cm³/mol. The van der Waals surface area contributed by atoms with Gasteiger partial charge in [-0.1, -0.05) is 42.5 Å². The molecule has 0 aliphatic carbocycles. The summed E-state index contributed by atoms with van der Waals surface area (Å²) < 4.78 is 5.62. The zero-order valence-electron chi connectivity index (χ0n) is 10.9. The van der Waals surface area contributed by atoms with Crippen molar-refractivity contribution in [3.8, 4) is 0 Å². The lowest BCUT2D eigenvalue weighted by atomic mass is 10.0. The minimum Gasteiger partial charge on any atom is -1.00 e. The van der Waals surface area contributed by atoms with Gasteiger partial charge in [0.15, 0.2) is 0 Å². The van der Waals surface area contributed by atoms with Crippen molar-refractivity contribution in [3.05, 3.63) is 48.0 Å². The maximum absolute atomic E-state index is 5.62. The number of hydrogen-bond donors (Lipinski definition) is 1. The van der Waals surface area contributed by atoms with Crippen LogP contribution in [-0.4, -0.2) is 19.3 Å². The Bertz CT molecular complexity index is 518. The van der Waals surface area contributed by atoms with E-state index in [1.807, 2.05) is 0 Å². The number of ether oxygens (including phenoxy) is 1. The molecule has 102 valence electrons. The molecule has 2 aromatic rings. The van der Waals surface area contributed by atoms with Gasteiger partial charge in [0.2, 0.25) is 0 Å². The molecule has 2 aromatic carbocycles. The number of halogens is 1. The Hall–Kier alpha value is -1.09. The molecular formula is C16H19ClNO-. The van der Waals surface area contributed by atoms with Gasteiger partial charge >= 0.3 is 0 Å². The molecule has 0 radical (unpaired) electrons. The van der Waals surface area contributed by atoms with Crippen LogP contribution in [0.15, 0.2) is 42.5 Å². The molecule has 1 aliphatic rings. The third kappa shape index (κ3) is 3.47. The summed E-state index contributed by atoms with van der Waals surface area (Å²) in [6.45, 7) is 2.81. The fourth-order valence-electron chi connectivity index (χ4n) is 2.62. The molecule has 2 nitrogen and oxygen atoms in total. The van der Waals surface area contributed by atoms with E-state index in [1.165, 1.54) is 29.2 Å². The maximum Gasteiger partial charge on any atom is 0.0700 e. The average Bonchev–Trinajstić information content (AvgIpc) is 2.92. The molecule has 3 rings (SSSR count). The predicted octanol–water partition coefficient (Wildman–Crippen LogP) is 0.112. The second-order valence-electron chi connectivity index (χ2n) is 4.90. The summed E-state index contributed by atoms with van der Waals surface area (Å²) >= 11 is 0. The van der Waals surface area contributed by atoms with Crippen LogP contribution >= 0.6 is 0 Å². The largest absolute Gasteiger partial charge is 1.00 e. The van der Waals surface area contributed by atoms with Gasteiger partial charge < -0.3 is 22.5 Å². The number of fused-ring (bicyclic) bond motifs is 1. The molecule has 0 saturated carbocycles. The number of hydrogen-bond acceptors (Lipinski definition) is 2. The molecule has 1 heterocycles. The number of rotatable bonds is 4. The van der Waals surface area contributed by atoms with Crippen molar-refractivity contribution >= 4 is 10.8 Å². The van der Waals surface area contributed by atoms with E-state index in [-0.39, 0.29) is 12.4 Å². The Morgan fingerprint density at radius 1 is 1.11 bits per heavy atom. The summed E-state index contributed by atoms with van der Waals surface area (Å²) in [5.74, 6) is 0. The van der Waals surface area contributed by atoms with Gasteiger partial charge in [0.25, 0.3) is 0 Å². The Morgan fingerprint density at radius 3 is 2.79 bits per heavy atom. The van der Waals surface area contributed by atoms with Gasteiger partial charge in [-0.15, -0.1) is 0 Å². The fourth-order valence-corrected chi connectivity index (χ4v) is 2.62. The Kier molecular flexibility index (Phi) is 5.20. The zero-order chi connectivity index (χ0) is 12.2. The molecule has 1 atom stereocenters. The van der Waals surface area contributed by atoms with Crippen LogP contribution in [0.4, 0.5) is 0 Å². The van der Waals surface area contributed by atoms with Crippen LogP contribution in [0, 0.1) is 0 Å². The first-order valence-corrected chi connectivity index (χ1v) is 6.72. The minimum absolute atomic E-state index is 0. The lowest BCUT2D eigenvalue weighted by molar-refractivity contribution is -0.00000489. The highest BCUT2D eigenvalue weighted by Gasteiger charge is 2.14. The van der Waals surface area contributed by atoms with Gasteiger partial charge in [-0.3, -0.25) is 0 Å². The van der Waals surface area contributed by atoms with Gasteiger partial charge in [-0.2, -0.15) is 0 Å². The molecule has 0 spiro atoms. The fraction of sp³-hybridized carbons (Fsp3) is 0.375. The summed E-state index contributed by atoms with van der Waals surface area (Å²) in [6, 6.07) is 15.0. The Labute approximate surface area is 120 Å². The summed E-state index contributed by atoms with van der Waals surface area (Å²) in [7, 11) is 0. The molecule has 3 heteroatoms. The Balaban J connectivity index is 0.00000133. The van der Waals surface area contributed by atoms with Crippen LogP contribution in [-0.2, 0) is 11.3 Å². The van der Waals surface area contributed by atoms with Gasteiger partial charge in [-0.25, -0.2) is 0 Å². The third-order valence-corrected chi connectivity index (χ3v) is 3.59. The molecule has 1 aliphatic heterocycles. The van der Waals surface area contributed by atoms with Crippen molar-refractivity contribution in [3.63, 3.8) is 0 Å². The van der Waals surface area contributed by atoms with Gasteiger partial charge in [0, 0.05) is 19.7 Å². The van der Waals surface area contributed by atoms with Crippen LogP contribution in [0.5, 0.6) is 0 Å². The van der Waals surface area contributed by atoms with Crippen LogP contribution in [0.3, 0.4) is 0 Å². The van der Waals surface area contributed by atoms with Crippen molar-refractivity contribution in [1.29, 1.82) is 0 Å². The molecule has 1 unspecified atom stereocenters. The summed E-state index contributed by atoms with van der Waals surface area (Å²) in [4.78, 5) is 0. The smallest absolute Gasteiger partial charge is 0.0700 e. The molecule has 1 fully saturated rings. The Morgan fingerprint density at radius 2 is 1.95 bits per heavy atom. The topological polar surface area (TPSA) is 21.3 Å². The van der Waals surface area contributed by atoms with E-state index in [0.29, 0.717) is 6.10 Å². The molecule has 19 heavy (non-hydrogen) atoms. The highest BCUT2D eigenvalue weighted by molar-refractivity contribution is 5.85. The normalized spacial score (nSPS) is 18.4. The first kappa shape index (κ1) is 14.3. The van der Waals surface area contributed by atoms with E-state index in [1.54, 1.807) is 0 Å². The molecular weight excluding hydrogens is 258 g/mol. The molecule has 1 N–H and O–H groups in total. The first-order valence-electron chi connectivity index (χ1n) is 6.72. The zero-order valence-corrected chi connectivity index (χ0v) is 11.7. The van der Waals surface area contributed by atoms with E-state index in [0.717, 1.165) is 19.7 Å². The van der Waals surface area contributed by atoms with E-state index < -0.39 is 0 Å². The van der Waals surface area contributed by atoms with Gasteiger partial charge in [0.05, 0.1) is 6.10 Å².